The maximum Gasteiger partial charge on any atom is 0.309 e. The van der Waals surface area contributed by atoms with E-state index in [2.05, 4.69) is 20.6 Å². The molecule has 1 aromatic heterocycles. The molecule has 2 N–H and O–H groups in total. The van der Waals surface area contributed by atoms with Gasteiger partial charge in [0.1, 0.15) is 0 Å². The molecule has 7 nitrogen and oxygen atoms in total. The number of carbonyl (C=O) groups excluding carboxylic acids is 2. The summed E-state index contributed by atoms with van der Waals surface area (Å²) in [4.78, 5) is 33.4. The third kappa shape index (κ3) is 5.53. The molecule has 1 aromatic carbocycles. The number of rotatable bonds is 6. The minimum atomic E-state index is -0.177. The number of methoxy groups -OCH3 is 1. The predicted molar refractivity (Wildman–Crippen MR) is 111 cm³/mol. The first-order valence-electron chi connectivity index (χ1n) is 10.0. The Morgan fingerprint density at radius 2 is 1.83 bits per heavy atom. The largest absolute Gasteiger partial charge is 0.469 e. The Bertz CT molecular complexity index is 864. The molecule has 3 rings (SSSR count). The smallest absolute Gasteiger partial charge is 0.309 e. The Morgan fingerprint density at radius 3 is 2.55 bits per heavy atom. The van der Waals surface area contributed by atoms with E-state index >= 15 is 0 Å². The van der Waals surface area contributed by atoms with Crippen LogP contribution in [0.15, 0.2) is 30.3 Å². The molecule has 1 aliphatic rings. The Kier molecular flexibility index (Phi) is 6.80. The highest BCUT2D eigenvalue weighted by Gasteiger charge is 2.31. The predicted octanol–water partition coefficient (Wildman–Crippen LogP) is 3.55. The fourth-order valence-electron chi connectivity index (χ4n) is 3.89. The number of anilines is 2. The first kappa shape index (κ1) is 20.8. The number of hydrogen-bond donors (Lipinski definition) is 2. The van der Waals surface area contributed by atoms with Gasteiger partial charge in [0.05, 0.1) is 13.0 Å². The summed E-state index contributed by atoms with van der Waals surface area (Å²) in [6, 6.07) is 9.13. The van der Waals surface area contributed by atoms with Gasteiger partial charge in [0, 0.05) is 29.2 Å². The van der Waals surface area contributed by atoms with E-state index in [0.29, 0.717) is 18.1 Å². The molecule has 0 bridgehead atoms. The highest BCUT2D eigenvalue weighted by Crippen LogP contribution is 2.30. The monoisotopic (exact) mass is 396 g/mol. The number of benzene rings is 1. The minimum absolute atomic E-state index is 0.116. The summed E-state index contributed by atoms with van der Waals surface area (Å²) in [6.07, 6.45) is 3.84. The number of amides is 1. The number of carbonyl (C=O) groups is 2. The highest BCUT2D eigenvalue weighted by molar-refractivity contribution is 5.95. The maximum atomic E-state index is 12.7. The van der Waals surface area contributed by atoms with Crippen molar-refractivity contribution in [1.82, 2.24) is 15.3 Å². The quantitative estimate of drug-likeness (QED) is 0.726. The lowest BCUT2D eigenvalue weighted by atomic mass is 9.79. The summed E-state index contributed by atoms with van der Waals surface area (Å²) in [7, 11) is 1.42. The number of ether oxygens (including phenoxy) is 1. The van der Waals surface area contributed by atoms with Gasteiger partial charge in [-0.3, -0.25) is 9.59 Å². The molecule has 7 heteroatoms. The highest BCUT2D eigenvalue weighted by atomic mass is 16.5. The Labute approximate surface area is 171 Å². The zero-order valence-corrected chi connectivity index (χ0v) is 17.2. The average molecular weight is 396 g/mol. The molecule has 1 amide bonds. The molecular weight excluding hydrogens is 368 g/mol. The van der Waals surface area contributed by atoms with Crippen molar-refractivity contribution in [3.8, 4) is 0 Å². The molecule has 1 aliphatic carbocycles. The van der Waals surface area contributed by atoms with Crippen molar-refractivity contribution in [2.75, 3.05) is 19.0 Å². The van der Waals surface area contributed by atoms with E-state index in [1.54, 1.807) is 12.1 Å². The van der Waals surface area contributed by atoms with Crippen LogP contribution < -0.4 is 10.6 Å². The van der Waals surface area contributed by atoms with Gasteiger partial charge in [0.25, 0.3) is 5.91 Å². The zero-order chi connectivity index (χ0) is 20.8. The van der Waals surface area contributed by atoms with Crippen LogP contribution in [0.25, 0.3) is 0 Å². The van der Waals surface area contributed by atoms with Crippen molar-refractivity contribution < 1.29 is 14.3 Å². The Balaban J connectivity index is 1.63. The summed E-state index contributed by atoms with van der Waals surface area (Å²) in [5.41, 5.74) is 3.04. The van der Waals surface area contributed by atoms with Crippen molar-refractivity contribution in [2.45, 2.75) is 39.5 Å². The van der Waals surface area contributed by atoms with Crippen LogP contribution in [0.4, 0.5) is 11.6 Å². The second-order valence-corrected chi connectivity index (χ2v) is 7.56. The van der Waals surface area contributed by atoms with Gasteiger partial charge < -0.3 is 15.4 Å². The van der Waals surface area contributed by atoms with Crippen molar-refractivity contribution in [2.24, 2.45) is 11.8 Å². The lowest BCUT2D eigenvalue weighted by Gasteiger charge is -2.29. The van der Waals surface area contributed by atoms with Gasteiger partial charge in [-0.15, -0.1) is 0 Å². The van der Waals surface area contributed by atoms with Gasteiger partial charge in [-0.2, -0.15) is 0 Å². The minimum Gasteiger partial charge on any atom is -0.469 e. The van der Waals surface area contributed by atoms with E-state index in [4.69, 9.17) is 4.74 Å². The third-order valence-corrected chi connectivity index (χ3v) is 5.30. The van der Waals surface area contributed by atoms with Gasteiger partial charge in [0.15, 0.2) is 0 Å². The average Bonchev–Trinajstić information content (AvgIpc) is 2.71. The standard InChI is InChI=1S/C22H28N4O3/c1-14-11-15(2)25-22(24-14)26-18-9-6-8-16(12-18)20(27)23-13-17-7-4-5-10-19(17)21(28)29-3/h6,8-9,11-12,17,19H,4-5,7,10,13H2,1-3H3,(H,23,27)(H,24,25,26). The van der Waals surface area contributed by atoms with Gasteiger partial charge in [-0.1, -0.05) is 18.9 Å². The number of nitrogens with zero attached hydrogens (tertiary/aromatic N) is 2. The maximum absolute atomic E-state index is 12.7. The van der Waals surface area contributed by atoms with Crippen LogP contribution in [0.3, 0.4) is 0 Å². The van der Waals surface area contributed by atoms with E-state index in [1.165, 1.54) is 7.11 Å². The molecule has 0 spiro atoms. The van der Waals surface area contributed by atoms with E-state index in [1.807, 2.05) is 32.0 Å². The first-order valence-corrected chi connectivity index (χ1v) is 10.0. The molecule has 1 saturated carbocycles. The van der Waals surface area contributed by atoms with Crippen LogP contribution in [0, 0.1) is 25.7 Å². The lowest BCUT2D eigenvalue weighted by molar-refractivity contribution is -0.148. The fourth-order valence-corrected chi connectivity index (χ4v) is 3.89. The van der Waals surface area contributed by atoms with Crippen LogP contribution in [-0.4, -0.2) is 35.5 Å². The van der Waals surface area contributed by atoms with Gasteiger partial charge in [0.2, 0.25) is 5.95 Å². The van der Waals surface area contributed by atoms with Crippen molar-refractivity contribution >= 4 is 23.5 Å². The fraction of sp³-hybridized carbons (Fsp3) is 0.455. The summed E-state index contributed by atoms with van der Waals surface area (Å²) >= 11 is 0. The number of aryl methyl sites for hydroxylation is 2. The Morgan fingerprint density at radius 1 is 1.10 bits per heavy atom. The molecule has 0 radical (unpaired) electrons. The first-order chi connectivity index (χ1) is 14.0. The molecule has 2 atom stereocenters. The Hall–Kier alpha value is -2.96. The molecule has 2 unspecified atom stereocenters. The molecule has 1 heterocycles. The van der Waals surface area contributed by atoms with E-state index < -0.39 is 0 Å². The zero-order valence-electron chi connectivity index (χ0n) is 17.2. The summed E-state index contributed by atoms with van der Waals surface area (Å²) in [5.74, 6) is 0.143. The van der Waals surface area contributed by atoms with Crippen molar-refractivity contribution in [3.63, 3.8) is 0 Å². The summed E-state index contributed by atoms with van der Waals surface area (Å²) in [5, 5.41) is 6.13. The second-order valence-electron chi connectivity index (χ2n) is 7.56. The van der Waals surface area contributed by atoms with Gasteiger partial charge in [-0.25, -0.2) is 9.97 Å². The molecule has 1 fully saturated rings. The number of hydrogen-bond acceptors (Lipinski definition) is 6. The lowest BCUT2D eigenvalue weighted by Crippen LogP contribution is -2.37. The topological polar surface area (TPSA) is 93.2 Å². The van der Waals surface area contributed by atoms with Crippen molar-refractivity contribution in [3.05, 3.63) is 47.3 Å². The van der Waals surface area contributed by atoms with Crippen LogP contribution >= 0.6 is 0 Å². The van der Waals surface area contributed by atoms with E-state index in [9.17, 15) is 9.59 Å². The van der Waals surface area contributed by atoms with Crippen LogP contribution in [0.1, 0.15) is 47.4 Å². The summed E-state index contributed by atoms with van der Waals surface area (Å²) < 4.78 is 4.93. The van der Waals surface area contributed by atoms with E-state index in [0.717, 1.165) is 42.8 Å². The molecule has 29 heavy (non-hydrogen) atoms. The van der Waals surface area contributed by atoms with Crippen LogP contribution in [0.2, 0.25) is 0 Å². The van der Waals surface area contributed by atoms with Crippen LogP contribution in [0.5, 0.6) is 0 Å². The number of nitrogens with one attached hydrogen (secondary N) is 2. The number of esters is 1. The van der Waals surface area contributed by atoms with Gasteiger partial charge >= 0.3 is 5.97 Å². The normalized spacial score (nSPS) is 18.7. The SMILES string of the molecule is COC(=O)C1CCCCC1CNC(=O)c1cccc(Nc2nc(C)cc(C)n2)c1. The number of aromatic nitrogens is 2. The molecule has 154 valence electrons. The van der Waals surface area contributed by atoms with Crippen LogP contribution in [-0.2, 0) is 9.53 Å². The molecule has 0 aliphatic heterocycles. The van der Waals surface area contributed by atoms with Gasteiger partial charge in [-0.05, 0) is 56.9 Å². The third-order valence-electron chi connectivity index (χ3n) is 5.30. The summed E-state index contributed by atoms with van der Waals surface area (Å²) in [6.45, 7) is 4.30. The second kappa shape index (κ2) is 9.49. The van der Waals surface area contributed by atoms with E-state index in [-0.39, 0.29) is 23.7 Å². The molecular formula is C22H28N4O3. The van der Waals surface area contributed by atoms with Crippen molar-refractivity contribution in [1.29, 1.82) is 0 Å². The molecule has 2 aromatic rings. The molecule has 0 saturated heterocycles.